The number of H-pyrrole nitrogens is 1. The van der Waals surface area contributed by atoms with Gasteiger partial charge in [0.1, 0.15) is 5.52 Å². The van der Waals surface area contributed by atoms with Crippen LogP contribution in [-0.4, -0.2) is 25.8 Å². The molecule has 2 N–H and O–H groups in total. The Morgan fingerprint density at radius 1 is 1.00 bits per heavy atom. The van der Waals surface area contributed by atoms with Gasteiger partial charge in [-0.2, -0.15) is 0 Å². The van der Waals surface area contributed by atoms with Crippen LogP contribution in [0.15, 0.2) is 70.4 Å². The molecule has 0 bridgehead atoms. The predicted molar refractivity (Wildman–Crippen MR) is 118 cm³/mol. The molecule has 0 atom stereocenters. The van der Waals surface area contributed by atoms with Gasteiger partial charge in [0.2, 0.25) is 0 Å². The number of aryl methyl sites for hydroxylation is 1. The molecule has 2 heterocycles. The minimum absolute atomic E-state index is 0.0729. The van der Waals surface area contributed by atoms with Gasteiger partial charge in [0.25, 0.3) is 11.5 Å². The van der Waals surface area contributed by atoms with Gasteiger partial charge in [-0.05, 0) is 36.8 Å². The van der Waals surface area contributed by atoms with Crippen molar-refractivity contribution < 1.29 is 9.59 Å². The highest BCUT2D eigenvalue weighted by Crippen LogP contribution is 2.17. The molecule has 0 fully saturated rings. The molecular formula is C23H20N4O4. The molecule has 0 saturated carbocycles. The number of aromatic nitrogens is 3. The maximum absolute atomic E-state index is 13.0. The fourth-order valence-electron chi connectivity index (χ4n) is 3.47. The molecule has 0 saturated heterocycles. The number of rotatable bonds is 5. The van der Waals surface area contributed by atoms with Crippen LogP contribution in [0.4, 0.5) is 5.69 Å². The Labute approximate surface area is 176 Å². The van der Waals surface area contributed by atoms with E-state index in [1.165, 1.54) is 17.7 Å². The summed E-state index contributed by atoms with van der Waals surface area (Å²) >= 11 is 0. The summed E-state index contributed by atoms with van der Waals surface area (Å²) in [6.07, 6.45) is 1.51. The van der Waals surface area contributed by atoms with E-state index in [-0.39, 0.29) is 28.9 Å². The smallest absolute Gasteiger partial charge is 0.329 e. The number of carbonyl (C=O) groups excluding carboxylic acids is 2. The van der Waals surface area contributed by atoms with Crippen molar-refractivity contribution in [3.8, 4) is 0 Å². The highest BCUT2D eigenvalue weighted by atomic mass is 16.2. The molecule has 8 heteroatoms. The predicted octanol–water partition coefficient (Wildman–Crippen LogP) is 2.53. The van der Waals surface area contributed by atoms with E-state index >= 15 is 0 Å². The summed E-state index contributed by atoms with van der Waals surface area (Å²) < 4.78 is 2.64. The van der Waals surface area contributed by atoms with Gasteiger partial charge in [0, 0.05) is 24.5 Å². The molecule has 0 aliphatic heterocycles. The molecule has 4 rings (SSSR count). The second-order valence-electron chi connectivity index (χ2n) is 7.27. The van der Waals surface area contributed by atoms with Crippen molar-refractivity contribution in [3.05, 3.63) is 98.3 Å². The van der Waals surface area contributed by atoms with Crippen LogP contribution in [0.25, 0.3) is 11.0 Å². The van der Waals surface area contributed by atoms with Crippen LogP contribution in [0.2, 0.25) is 0 Å². The van der Waals surface area contributed by atoms with Crippen molar-refractivity contribution >= 4 is 28.4 Å². The Hall–Kier alpha value is -4.20. The molecule has 2 aromatic carbocycles. The Morgan fingerprint density at radius 2 is 1.68 bits per heavy atom. The van der Waals surface area contributed by atoms with Gasteiger partial charge in [0.05, 0.1) is 17.6 Å². The van der Waals surface area contributed by atoms with Crippen molar-refractivity contribution in [1.82, 2.24) is 14.1 Å². The van der Waals surface area contributed by atoms with Crippen LogP contribution >= 0.6 is 0 Å². The number of fused-ring (bicyclic) bond motifs is 1. The third kappa shape index (κ3) is 3.83. The zero-order chi connectivity index (χ0) is 22.1. The summed E-state index contributed by atoms with van der Waals surface area (Å²) in [5.41, 5.74) is 1.36. The first-order valence-corrected chi connectivity index (χ1v) is 9.63. The monoisotopic (exact) mass is 416 g/mol. The normalized spacial score (nSPS) is 10.9. The van der Waals surface area contributed by atoms with E-state index in [0.717, 1.165) is 10.1 Å². The number of anilines is 1. The SMILES string of the molecule is CC(=O)c1ccc(NC(=O)c2cn(C)c3c(=O)n(Cc4ccccc4)c(=O)[nH]c23)cc1. The van der Waals surface area contributed by atoms with Crippen molar-refractivity contribution in [2.45, 2.75) is 13.5 Å². The highest BCUT2D eigenvalue weighted by molar-refractivity contribution is 6.11. The number of aromatic amines is 1. The summed E-state index contributed by atoms with van der Waals surface area (Å²) in [7, 11) is 1.65. The van der Waals surface area contributed by atoms with Crippen molar-refractivity contribution in [2.24, 2.45) is 7.05 Å². The third-order valence-electron chi connectivity index (χ3n) is 5.08. The Bertz CT molecular complexity index is 1410. The topological polar surface area (TPSA) is 106 Å². The number of hydrogen-bond acceptors (Lipinski definition) is 4. The van der Waals surface area contributed by atoms with E-state index in [2.05, 4.69) is 10.3 Å². The highest BCUT2D eigenvalue weighted by Gasteiger charge is 2.20. The maximum atomic E-state index is 13.0. The minimum atomic E-state index is -0.590. The number of carbonyl (C=O) groups is 2. The van der Waals surface area contributed by atoms with E-state index in [1.54, 1.807) is 31.3 Å². The van der Waals surface area contributed by atoms with Gasteiger partial charge in [-0.3, -0.25) is 19.0 Å². The number of ketones is 1. The number of benzene rings is 2. The zero-order valence-electron chi connectivity index (χ0n) is 17.0. The number of hydrogen-bond donors (Lipinski definition) is 2. The lowest BCUT2D eigenvalue weighted by molar-refractivity contribution is 0.101. The van der Waals surface area contributed by atoms with Gasteiger partial charge in [-0.25, -0.2) is 4.79 Å². The Balaban J connectivity index is 1.71. The molecule has 31 heavy (non-hydrogen) atoms. The molecule has 4 aromatic rings. The van der Waals surface area contributed by atoms with Gasteiger partial charge in [0.15, 0.2) is 5.78 Å². The van der Waals surface area contributed by atoms with Gasteiger partial charge in [-0.1, -0.05) is 30.3 Å². The third-order valence-corrected chi connectivity index (χ3v) is 5.08. The van der Waals surface area contributed by atoms with Gasteiger partial charge >= 0.3 is 5.69 Å². The lowest BCUT2D eigenvalue weighted by atomic mass is 10.1. The van der Waals surface area contributed by atoms with Gasteiger partial charge < -0.3 is 14.9 Å². The molecule has 0 unspecified atom stereocenters. The first kappa shape index (κ1) is 20.1. The number of Topliss-reactive ketones (excluding diaryl/α,β-unsaturated/α-hetero) is 1. The zero-order valence-corrected chi connectivity index (χ0v) is 17.0. The summed E-state index contributed by atoms with van der Waals surface area (Å²) in [6.45, 7) is 1.59. The molecular weight excluding hydrogens is 396 g/mol. The summed E-state index contributed by atoms with van der Waals surface area (Å²) in [5, 5.41) is 2.73. The second-order valence-corrected chi connectivity index (χ2v) is 7.27. The fraction of sp³-hybridized carbons (Fsp3) is 0.130. The molecule has 1 amide bonds. The average Bonchev–Trinajstić information content (AvgIpc) is 3.08. The minimum Gasteiger partial charge on any atom is -0.344 e. The van der Waals surface area contributed by atoms with E-state index in [0.29, 0.717) is 11.3 Å². The van der Waals surface area contributed by atoms with E-state index in [4.69, 9.17) is 0 Å². The number of nitrogens with zero attached hydrogens (tertiary/aromatic N) is 2. The van der Waals surface area contributed by atoms with Crippen LogP contribution in [0, 0.1) is 0 Å². The second kappa shape index (κ2) is 7.91. The molecule has 0 aliphatic carbocycles. The van der Waals surface area contributed by atoms with E-state index in [1.807, 2.05) is 30.3 Å². The largest absolute Gasteiger partial charge is 0.344 e. The molecule has 8 nitrogen and oxygen atoms in total. The molecule has 2 aromatic heterocycles. The first-order valence-electron chi connectivity index (χ1n) is 9.63. The Kier molecular flexibility index (Phi) is 5.12. The van der Waals surface area contributed by atoms with Crippen LogP contribution < -0.4 is 16.6 Å². The molecule has 0 aliphatic rings. The van der Waals surface area contributed by atoms with Crippen molar-refractivity contribution in [3.63, 3.8) is 0 Å². The Morgan fingerprint density at radius 3 is 2.32 bits per heavy atom. The van der Waals surface area contributed by atoms with Crippen LogP contribution in [0.3, 0.4) is 0 Å². The lowest BCUT2D eigenvalue weighted by Gasteiger charge is -2.07. The van der Waals surface area contributed by atoms with Crippen molar-refractivity contribution in [2.75, 3.05) is 5.32 Å². The maximum Gasteiger partial charge on any atom is 0.329 e. The standard InChI is InChI=1S/C23H20N4O4/c1-14(28)16-8-10-17(11-9-16)24-21(29)18-13-26(2)20-19(18)25-23(31)27(22(20)30)12-15-6-4-3-5-7-15/h3-11,13H,12H2,1-2H3,(H,24,29)(H,25,31). The number of amides is 1. The average molecular weight is 416 g/mol. The first-order chi connectivity index (χ1) is 14.8. The fourth-order valence-corrected chi connectivity index (χ4v) is 3.47. The van der Waals surface area contributed by atoms with Crippen LogP contribution in [0.1, 0.15) is 33.2 Å². The quantitative estimate of drug-likeness (QED) is 0.488. The summed E-state index contributed by atoms with van der Waals surface area (Å²) in [5.74, 6) is -0.548. The molecule has 0 radical (unpaired) electrons. The summed E-state index contributed by atoms with van der Waals surface area (Å²) in [4.78, 5) is 52.6. The van der Waals surface area contributed by atoms with E-state index < -0.39 is 17.2 Å². The van der Waals surface area contributed by atoms with Crippen molar-refractivity contribution in [1.29, 1.82) is 0 Å². The van der Waals surface area contributed by atoms with E-state index in [9.17, 15) is 19.2 Å². The lowest BCUT2D eigenvalue weighted by Crippen LogP contribution is -2.36. The summed E-state index contributed by atoms with van der Waals surface area (Å²) in [6, 6.07) is 15.7. The molecule has 0 spiro atoms. The van der Waals surface area contributed by atoms with Gasteiger partial charge in [-0.15, -0.1) is 0 Å². The van der Waals surface area contributed by atoms with Crippen LogP contribution in [-0.2, 0) is 13.6 Å². The number of nitrogens with one attached hydrogen (secondary N) is 2. The van der Waals surface area contributed by atoms with Crippen LogP contribution in [0.5, 0.6) is 0 Å². The molecule has 156 valence electrons.